The third-order valence-electron chi connectivity index (χ3n) is 2.81. The molecule has 0 spiro atoms. The zero-order valence-electron chi connectivity index (χ0n) is 12.7. The van der Waals surface area contributed by atoms with Gasteiger partial charge in [0.25, 0.3) is 0 Å². The Labute approximate surface area is 121 Å². The van der Waals surface area contributed by atoms with Crippen molar-refractivity contribution in [2.45, 2.75) is 53.2 Å². The van der Waals surface area contributed by atoms with Gasteiger partial charge in [-0.15, -0.1) is 0 Å². The molecule has 0 N–H and O–H groups in total. The molecular weight excluding hydrogens is 258 g/mol. The van der Waals surface area contributed by atoms with Gasteiger partial charge in [0.1, 0.15) is 5.75 Å². The minimum Gasteiger partial charge on any atom is -0.490 e. The standard InChI is InChI=1S/C16H24ClNO/c1-11(2)12(3)19-15-8-7-14(17)9-13(15)10-18-16(4,5)6/h7-12H,1-6H3/b18-10+. The van der Waals surface area contributed by atoms with Gasteiger partial charge in [0.15, 0.2) is 0 Å². The van der Waals surface area contributed by atoms with Crippen molar-refractivity contribution in [2.24, 2.45) is 10.9 Å². The SMILES string of the molecule is CC(C)C(C)Oc1ccc(Cl)cc1/C=N/C(C)(C)C. The zero-order chi connectivity index (χ0) is 14.6. The Bertz CT molecular complexity index is 447. The molecule has 3 heteroatoms. The van der Waals surface area contributed by atoms with Crippen molar-refractivity contribution in [1.29, 1.82) is 0 Å². The second-order valence-electron chi connectivity index (χ2n) is 6.18. The molecule has 2 nitrogen and oxygen atoms in total. The van der Waals surface area contributed by atoms with E-state index < -0.39 is 0 Å². The quantitative estimate of drug-likeness (QED) is 0.713. The molecule has 1 atom stereocenters. The molecule has 1 rings (SSSR count). The Morgan fingerprint density at radius 3 is 2.37 bits per heavy atom. The van der Waals surface area contributed by atoms with Crippen molar-refractivity contribution in [2.75, 3.05) is 0 Å². The van der Waals surface area contributed by atoms with E-state index in [1.165, 1.54) is 0 Å². The minimum atomic E-state index is -0.108. The topological polar surface area (TPSA) is 21.6 Å². The second kappa shape index (κ2) is 6.42. The van der Waals surface area contributed by atoms with Crippen LogP contribution in [0.4, 0.5) is 0 Å². The Balaban J connectivity index is 3.01. The van der Waals surface area contributed by atoms with E-state index in [1.54, 1.807) is 0 Å². The first-order chi connectivity index (χ1) is 8.69. The highest BCUT2D eigenvalue weighted by molar-refractivity contribution is 6.30. The van der Waals surface area contributed by atoms with Gasteiger partial charge in [0.2, 0.25) is 0 Å². The van der Waals surface area contributed by atoms with Gasteiger partial charge in [-0.1, -0.05) is 25.4 Å². The molecule has 1 unspecified atom stereocenters. The molecule has 0 saturated heterocycles. The molecular formula is C16H24ClNO. The molecule has 0 fully saturated rings. The van der Waals surface area contributed by atoms with Crippen molar-refractivity contribution in [3.63, 3.8) is 0 Å². The van der Waals surface area contributed by atoms with Gasteiger partial charge >= 0.3 is 0 Å². The van der Waals surface area contributed by atoms with Gasteiger partial charge in [-0.25, -0.2) is 0 Å². The van der Waals surface area contributed by atoms with Gasteiger partial charge < -0.3 is 4.74 Å². The molecule has 106 valence electrons. The fraction of sp³-hybridized carbons (Fsp3) is 0.562. The van der Waals surface area contributed by atoms with E-state index in [4.69, 9.17) is 16.3 Å². The fourth-order valence-electron chi connectivity index (χ4n) is 1.33. The van der Waals surface area contributed by atoms with Crippen molar-refractivity contribution in [1.82, 2.24) is 0 Å². The zero-order valence-corrected chi connectivity index (χ0v) is 13.5. The predicted molar refractivity (Wildman–Crippen MR) is 83.7 cm³/mol. The van der Waals surface area contributed by atoms with Crippen molar-refractivity contribution in [3.8, 4) is 5.75 Å². The lowest BCUT2D eigenvalue weighted by molar-refractivity contribution is 0.170. The molecule has 0 bridgehead atoms. The van der Waals surface area contributed by atoms with Crippen LogP contribution in [0, 0.1) is 5.92 Å². The van der Waals surface area contributed by atoms with Crippen LogP contribution in [0.3, 0.4) is 0 Å². The Morgan fingerprint density at radius 2 is 1.84 bits per heavy atom. The summed E-state index contributed by atoms with van der Waals surface area (Å²) in [5.41, 5.74) is 0.818. The van der Waals surface area contributed by atoms with Gasteiger partial charge in [-0.2, -0.15) is 0 Å². The molecule has 0 heterocycles. The molecule has 1 aromatic rings. The number of hydrogen-bond donors (Lipinski definition) is 0. The molecule has 0 aromatic heterocycles. The average Bonchev–Trinajstić information content (AvgIpc) is 2.28. The third-order valence-corrected chi connectivity index (χ3v) is 3.05. The van der Waals surface area contributed by atoms with Crippen molar-refractivity contribution < 1.29 is 4.74 Å². The predicted octanol–water partition coefficient (Wildman–Crippen LogP) is 4.98. The van der Waals surface area contributed by atoms with Gasteiger partial charge in [0.05, 0.1) is 11.6 Å². The van der Waals surface area contributed by atoms with Crippen LogP contribution in [0.15, 0.2) is 23.2 Å². The van der Waals surface area contributed by atoms with Crippen molar-refractivity contribution in [3.05, 3.63) is 28.8 Å². The maximum absolute atomic E-state index is 6.05. The summed E-state index contributed by atoms with van der Waals surface area (Å²) in [4.78, 5) is 4.52. The van der Waals surface area contributed by atoms with Crippen LogP contribution in [0.1, 0.15) is 47.1 Å². The summed E-state index contributed by atoms with van der Waals surface area (Å²) in [5, 5.41) is 0.694. The minimum absolute atomic E-state index is 0.108. The van der Waals surface area contributed by atoms with Crippen LogP contribution in [0.25, 0.3) is 0 Å². The van der Waals surface area contributed by atoms with E-state index in [2.05, 4.69) is 46.5 Å². The van der Waals surface area contributed by atoms with E-state index in [9.17, 15) is 0 Å². The normalized spacial score (nSPS) is 14.1. The first-order valence-electron chi connectivity index (χ1n) is 6.70. The Hall–Kier alpha value is -1.02. The van der Waals surface area contributed by atoms with Crippen LogP contribution in [-0.4, -0.2) is 17.9 Å². The van der Waals surface area contributed by atoms with Crippen molar-refractivity contribution >= 4 is 17.8 Å². The molecule has 0 aliphatic carbocycles. The molecule has 0 aliphatic rings. The highest BCUT2D eigenvalue weighted by Gasteiger charge is 2.12. The van der Waals surface area contributed by atoms with E-state index in [0.29, 0.717) is 10.9 Å². The fourth-order valence-corrected chi connectivity index (χ4v) is 1.51. The largest absolute Gasteiger partial charge is 0.490 e. The van der Waals surface area contributed by atoms with Crippen LogP contribution >= 0.6 is 11.6 Å². The van der Waals surface area contributed by atoms with Gasteiger partial charge in [0, 0.05) is 16.8 Å². The maximum Gasteiger partial charge on any atom is 0.128 e. The summed E-state index contributed by atoms with van der Waals surface area (Å²) >= 11 is 6.05. The van der Waals surface area contributed by atoms with Crippen LogP contribution in [0.2, 0.25) is 5.02 Å². The monoisotopic (exact) mass is 281 g/mol. The molecule has 0 aliphatic heterocycles. The number of rotatable bonds is 4. The smallest absolute Gasteiger partial charge is 0.128 e. The van der Waals surface area contributed by atoms with Crippen LogP contribution in [0.5, 0.6) is 5.75 Å². The number of nitrogens with zero attached hydrogens (tertiary/aromatic N) is 1. The number of benzene rings is 1. The van der Waals surface area contributed by atoms with E-state index >= 15 is 0 Å². The lowest BCUT2D eigenvalue weighted by Crippen LogP contribution is -2.19. The summed E-state index contributed by atoms with van der Waals surface area (Å²) in [7, 11) is 0. The highest BCUT2D eigenvalue weighted by Crippen LogP contribution is 2.24. The Kier molecular flexibility index (Phi) is 5.42. The number of hydrogen-bond acceptors (Lipinski definition) is 2. The summed E-state index contributed by atoms with van der Waals surface area (Å²) in [6.45, 7) is 12.5. The van der Waals surface area contributed by atoms with E-state index in [-0.39, 0.29) is 11.6 Å². The lowest BCUT2D eigenvalue weighted by Gasteiger charge is -2.20. The molecule has 19 heavy (non-hydrogen) atoms. The number of ether oxygens (including phenoxy) is 1. The summed E-state index contributed by atoms with van der Waals surface area (Å²) < 4.78 is 5.98. The molecule has 0 amide bonds. The summed E-state index contributed by atoms with van der Waals surface area (Å²) in [6.07, 6.45) is 2.00. The summed E-state index contributed by atoms with van der Waals surface area (Å²) in [6, 6.07) is 5.64. The third kappa shape index (κ3) is 5.65. The van der Waals surface area contributed by atoms with Crippen LogP contribution in [-0.2, 0) is 0 Å². The average molecular weight is 282 g/mol. The lowest BCUT2D eigenvalue weighted by atomic mass is 10.1. The molecule has 0 saturated carbocycles. The molecule has 1 aromatic carbocycles. The second-order valence-corrected chi connectivity index (χ2v) is 6.61. The van der Waals surface area contributed by atoms with Gasteiger partial charge in [-0.05, 0) is 51.8 Å². The van der Waals surface area contributed by atoms with E-state index in [1.807, 2.05) is 24.4 Å². The first-order valence-corrected chi connectivity index (χ1v) is 7.08. The van der Waals surface area contributed by atoms with Gasteiger partial charge in [-0.3, -0.25) is 4.99 Å². The Morgan fingerprint density at radius 1 is 1.21 bits per heavy atom. The number of aliphatic imine (C=N–C) groups is 1. The number of halogens is 1. The van der Waals surface area contributed by atoms with Crippen LogP contribution < -0.4 is 4.74 Å². The first kappa shape index (κ1) is 16.0. The highest BCUT2D eigenvalue weighted by atomic mass is 35.5. The molecule has 0 radical (unpaired) electrons. The van der Waals surface area contributed by atoms with E-state index in [0.717, 1.165) is 11.3 Å². The summed E-state index contributed by atoms with van der Waals surface area (Å²) in [5.74, 6) is 1.29. The maximum atomic E-state index is 6.05.